The van der Waals surface area contributed by atoms with Crippen molar-refractivity contribution in [1.82, 2.24) is 4.57 Å². The minimum Gasteiger partial charge on any atom is -0.308 e. The maximum Gasteiger partial charge on any atom is 0.251 e. The van der Waals surface area contributed by atoms with Gasteiger partial charge in [0.25, 0.3) is 5.56 Å². The highest BCUT2D eigenvalue weighted by Gasteiger charge is 2.17. The Kier molecular flexibility index (Phi) is 1.49. The lowest BCUT2D eigenvalue weighted by molar-refractivity contribution is 0.741. The molecule has 1 aliphatic heterocycles. The van der Waals surface area contributed by atoms with E-state index >= 15 is 0 Å². The van der Waals surface area contributed by atoms with E-state index in [0.29, 0.717) is 12.1 Å². The average Bonchev–Trinajstić information content (AvgIpc) is 2.70. The largest absolute Gasteiger partial charge is 0.308 e. The topological polar surface area (TPSA) is 45.8 Å². The van der Waals surface area contributed by atoms with Crippen molar-refractivity contribution in [2.75, 3.05) is 0 Å². The number of nitrogens with zero attached hydrogens (tertiary/aromatic N) is 2. The molecular formula is C12H8N2O. The van der Waals surface area contributed by atoms with Crippen molar-refractivity contribution in [2.24, 2.45) is 0 Å². The Morgan fingerprint density at radius 1 is 1.27 bits per heavy atom. The van der Waals surface area contributed by atoms with Gasteiger partial charge in [-0.15, -0.1) is 0 Å². The highest BCUT2D eigenvalue weighted by atomic mass is 16.1. The van der Waals surface area contributed by atoms with Crippen molar-refractivity contribution < 1.29 is 0 Å². The molecule has 0 aliphatic carbocycles. The smallest absolute Gasteiger partial charge is 0.251 e. The molecule has 0 radical (unpaired) electrons. The Hall–Kier alpha value is -2.08. The summed E-state index contributed by atoms with van der Waals surface area (Å²) in [6.45, 7) is 0.699. The normalized spacial score (nSPS) is 13.0. The Morgan fingerprint density at radius 2 is 2.07 bits per heavy atom. The van der Waals surface area contributed by atoms with Gasteiger partial charge in [-0.3, -0.25) is 4.79 Å². The molecule has 72 valence electrons. The van der Waals surface area contributed by atoms with E-state index in [9.17, 15) is 4.79 Å². The van der Waals surface area contributed by atoms with Gasteiger partial charge < -0.3 is 4.57 Å². The first kappa shape index (κ1) is 8.25. The highest BCUT2D eigenvalue weighted by molar-refractivity contribution is 5.85. The zero-order valence-electron chi connectivity index (χ0n) is 8.03. The molecule has 3 heteroatoms. The zero-order chi connectivity index (χ0) is 10.4. The molecule has 1 aromatic heterocycles. The van der Waals surface area contributed by atoms with E-state index in [1.165, 1.54) is 0 Å². The van der Waals surface area contributed by atoms with E-state index in [2.05, 4.69) is 6.07 Å². The molecule has 3 rings (SSSR count). The molecule has 3 nitrogen and oxygen atoms in total. The highest BCUT2D eigenvalue weighted by Crippen LogP contribution is 2.26. The fourth-order valence-corrected chi connectivity index (χ4v) is 2.27. The molecule has 0 saturated carbocycles. The van der Waals surface area contributed by atoms with E-state index < -0.39 is 0 Å². The second kappa shape index (κ2) is 2.71. The first-order valence-corrected chi connectivity index (χ1v) is 4.87. The molecule has 0 fully saturated rings. The third-order valence-corrected chi connectivity index (χ3v) is 2.96. The van der Waals surface area contributed by atoms with Crippen LogP contribution in [0.4, 0.5) is 0 Å². The summed E-state index contributed by atoms with van der Waals surface area (Å²) in [6, 6.07) is 9.32. The molecule has 0 spiro atoms. The van der Waals surface area contributed by atoms with E-state index in [4.69, 9.17) is 5.26 Å². The average molecular weight is 196 g/mol. The van der Waals surface area contributed by atoms with E-state index in [1.54, 1.807) is 10.6 Å². The molecule has 2 aromatic rings. The Morgan fingerprint density at radius 3 is 2.87 bits per heavy atom. The number of rotatable bonds is 0. The Balaban J connectivity index is 2.58. The molecular weight excluding hydrogens is 188 g/mol. The van der Waals surface area contributed by atoms with Crippen LogP contribution < -0.4 is 5.56 Å². The predicted molar refractivity (Wildman–Crippen MR) is 56.6 cm³/mol. The Labute approximate surface area is 86.2 Å². The van der Waals surface area contributed by atoms with Gasteiger partial charge in [0.1, 0.15) is 0 Å². The number of hydrogen-bond acceptors (Lipinski definition) is 2. The summed E-state index contributed by atoms with van der Waals surface area (Å²) < 4.78 is 1.76. The van der Waals surface area contributed by atoms with Crippen LogP contribution in [0, 0.1) is 11.3 Å². The van der Waals surface area contributed by atoms with Crippen molar-refractivity contribution in [3.63, 3.8) is 0 Å². The number of hydrogen-bond donors (Lipinski definition) is 0. The molecule has 0 amide bonds. The third-order valence-electron chi connectivity index (χ3n) is 2.96. The van der Waals surface area contributed by atoms with Crippen LogP contribution in [0.25, 0.3) is 10.9 Å². The van der Waals surface area contributed by atoms with Crippen LogP contribution in [0.5, 0.6) is 0 Å². The lowest BCUT2D eigenvalue weighted by Crippen LogP contribution is -2.16. The van der Waals surface area contributed by atoms with Gasteiger partial charge in [0, 0.05) is 12.6 Å². The fourth-order valence-electron chi connectivity index (χ4n) is 2.27. The first-order chi connectivity index (χ1) is 7.31. The van der Waals surface area contributed by atoms with Crippen molar-refractivity contribution >= 4 is 10.9 Å². The SMILES string of the molecule is N#Cc1ccc2ccc(=O)n3c2c1CC3. The predicted octanol–water partition coefficient (Wildman–Crippen LogP) is 1.43. The molecule has 1 aliphatic rings. The molecule has 2 heterocycles. The van der Waals surface area contributed by atoms with Crippen LogP contribution in [0.15, 0.2) is 29.1 Å². The van der Waals surface area contributed by atoms with Crippen molar-refractivity contribution in [2.45, 2.75) is 13.0 Å². The van der Waals surface area contributed by atoms with E-state index in [0.717, 1.165) is 22.9 Å². The quantitative estimate of drug-likeness (QED) is 0.639. The Bertz CT molecular complexity index is 662. The van der Waals surface area contributed by atoms with Crippen LogP contribution in [-0.4, -0.2) is 4.57 Å². The second-order valence-electron chi connectivity index (χ2n) is 3.71. The van der Waals surface area contributed by atoms with Gasteiger partial charge in [-0.2, -0.15) is 5.26 Å². The van der Waals surface area contributed by atoms with Crippen molar-refractivity contribution in [1.29, 1.82) is 5.26 Å². The lowest BCUT2D eigenvalue weighted by atomic mass is 10.0. The number of aryl methyl sites for hydroxylation is 2. The monoisotopic (exact) mass is 196 g/mol. The molecule has 0 bridgehead atoms. The van der Waals surface area contributed by atoms with E-state index in [-0.39, 0.29) is 5.56 Å². The lowest BCUT2D eigenvalue weighted by Gasteiger charge is -2.03. The summed E-state index contributed by atoms with van der Waals surface area (Å²) in [6.07, 6.45) is 0.791. The summed E-state index contributed by atoms with van der Waals surface area (Å²) in [4.78, 5) is 11.6. The molecule has 1 aromatic carbocycles. The first-order valence-electron chi connectivity index (χ1n) is 4.87. The molecule has 0 N–H and O–H groups in total. The van der Waals surface area contributed by atoms with E-state index in [1.807, 2.05) is 18.2 Å². The van der Waals surface area contributed by atoms with Gasteiger partial charge in [-0.1, -0.05) is 6.07 Å². The van der Waals surface area contributed by atoms with Crippen LogP contribution in [0.2, 0.25) is 0 Å². The summed E-state index contributed by atoms with van der Waals surface area (Å²) in [7, 11) is 0. The van der Waals surface area contributed by atoms with Gasteiger partial charge in [0.2, 0.25) is 0 Å². The maximum absolute atomic E-state index is 11.6. The molecule has 0 unspecified atom stereocenters. The number of nitriles is 1. The summed E-state index contributed by atoms with van der Waals surface area (Å²) in [5.74, 6) is 0. The minimum atomic E-state index is 0.0244. The molecule has 0 atom stereocenters. The summed E-state index contributed by atoms with van der Waals surface area (Å²) in [5, 5.41) is 10.0. The molecule has 0 saturated heterocycles. The van der Waals surface area contributed by atoms with Gasteiger partial charge >= 0.3 is 0 Å². The number of aromatic nitrogens is 1. The fraction of sp³-hybridized carbons (Fsp3) is 0.167. The van der Waals surface area contributed by atoms with Gasteiger partial charge in [0.15, 0.2) is 0 Å². The number of benzene rings is 1. The van der Waals surface area contributed by atoms with Crippen molar-refractivity contribution in [3.8, 4) is 6.07 Å². The summed E-state index contributed by atoms with van der Waals surface area (Å²) in [5.41, 5.74) is 2.69. The molecule has 15 heavy (non-hydrogen) atoms. The maximum atomic E-state index is 11.6. The number of pyridine rings is 1. The minimum absolute atomic E-state index is 0.0244. The van der Waals surface area contributed by atoms with Gasteiger partial charge in [0.05, 0.1) is 17.1 Å². The van der Waals surface area contributed by atoms with Crippen molar-refractivity contribution in [3.05, 3.63) is 45.7 Å². The van der Waals surface area contributed by atoms with Gasteiger partial charge in [-0.25, -0.2) is 0 Å². The zero-order valence-corrected chi connectivity index (χ0v) is 8.03. The standard InChI is InChI=1S/C12H8N2O/c13-7-9-2-1-8-3-4-11(15)14-6-5-10(9)12(8)14/h1-4H,5-6H2. The second-order valence-corrected chi connectivity index (χ2v) is 3.71. The van der Waals surface area contributed by atoms with Crippen LogP contribution >= 0.6 is 0 Å². The summed E-state index contributed by atoms with van der Waals surface area (Å²) >= 11 is 0. The third kappa shape index (κ3) is 0.962. The van der Waals surface area contributed by atoms with Gasteiger partial charge in [-0.05, 0) is 29.5 Å². The van der Waals surface area contributed by atoms with Crippen LogP contribution in [0.3, 0.4) is 0 Å². The van der Waals surface area contributed by atoms with Crippen LogP contribution in [-0.2, 0) is 13.0 Å². The van der Waals surface area contributed by atoms with Crippen LogP contribution in [0.1, 0.15) is 11.1 Å².